The molecule has 13 heteroatoms. The number of hydrogen-bond acceptors (Lipinski definition) is 10. The standard InChI is InChI=1S/C51H74N6O6Si/c1-7-38-19-24-53-46(34-38)56-29-32-62-51(37-56)22-26-55(27-23-51)36-40-12-10-11-39(33-40)20-30-61-31-21-48(60)57(41-13-8-9-14-41)28-25-52-35-45(63-64(5,6)50(2,3)4)42-15-17-44(58)49-43(42)16-18-47(59)54-49/h10-12,15-19,24,33-34,41,45,52,58H,7-9,13-14,20-23,25-32,35-37H2,1-6H3,(H,54,59)/t45-/m0/s1. The van der Waals surface area contributed by atoms with Gasteiger partial charge in [0.1, 0.15) is 11.6 Å². The number of likely N-dealkylation sites (tertiary alicyclic amines) is 1. The summed E-state index contributed by atoms with van der Waals surface area (Å²) in [7, 11) is -2.22. The van der Waals surface area contributed by atoms with E-state index in [-0.39, 0.29) is 40.0 Å². The number of anilines is 1. The number of phenolic OH excluding ortho intramolecular Hbond substituents is 1. The molecule has 0 unspecified atom stereocenters. The van der Waals surface area contributed by atoms with E-state index in [1.54, 1.807) is 12.1 Å². The zero-order valence-corrected chi connectivity index (χ0v) is 40.4. The number of piperidine rings is 1. The number of carbonyl (C=O) groups is 1. The van der Waals surface area contributed by atoms with Crippen molar-refractivity contribution in [3.8, 4) is 5.75 Å². The van der Waals surface area contributed by atoms with Crippen LogP contribution in [0.1, 0.15) is 101 Å². The lowest BCUT2D eigenvalue weighted by atomic mass is 9.89. The van der Waals surface area contributed by atoms with Crippen LogP contribution in [0.3, 0.4) is 0 Å². The molecule has 7 rings (SSSR count). The fourth-order valence-electron chi connectivity index (χ4n) is 9.50. The number of aromatic nitrogens is 2. The molecule has 1 atom stereocenters. The first-order valence-electron chi connectivity index (χ1n) is 24.0. The zero-order chi connectivity index (χ0) is 45.3. The molecule has 3 aliphatic rings. The molecule has 2 aliphatic heterocycles. The summed E-state index contributed by atoms with van der Waals surface area (Å²) in [5.74, 6) is 1.26. The summed E-state index contributed by atoms with van der Waals surface area (Å²) in [6.45, 7) is 21.6. The Hall–Kier alpha value is -4.11. The van der Waals surface area contributed by atoms with Crippen molar-refractivity contribution in [1.29, 1.82) is 0 Å². The largest absolute Gasteiger partial charge is 0.506 e. The van der Waals surface area contributed by atoms with Crippen LogP contribution in [0.15, 0.2) is 71.7 Å². The molecule has 348 valence electrons. The minimum Gasteiger partial charge on any atom is -0.506 e. The molecule has 64 heavy (non-hydrogen) atoms. The molecule has 2 aromatic heterocycles. The second kappa shape index (κ2) is 21.5. The topological polar surface area (TPSA) is 132 Å². The van der Waals surface area contributed by atoms with Crippen LogP contribution in [-0.4, -0.2) is 116 Å². The van der Waals surface area contributed by atoms with E-state index in [2.05, 4.69) is 102 Å². The van der Waals surface area contributed by atoms with Crippen molar-refractivity contribution in [2.24, 2.45) is 0 Å². The molecule has 1 aliphatic carbocycles. The summed E-state index contributed by atoms with van der Waals surface area (Å²) in [5, 5.41) is 15.0. The molecule has 0 radical (unpaired) electrons. The molecule has 0 bridgehead atoms. The van der Waals surface area contributed by atoms with Gasteiger partial charge >= 0.3 is 0 Å². The summed E-state index contributed by atoms with van der Waals surface area (Å²) >= 11 is 0. The third kappa shape index (κ3) is 12.2. The van der Waals surface area contributed by atoms with Crippen LogP contribution >= 0.6 is 0 Å². The van der Waals surface area contributed by atoms with Crippen LogP contribution in [0.25, 0.3) is 10.9 Å². The number of hydrogen-bond donors (Lipinski definition) is 3. The molecule has 4 aromatic rings. The highest BCUT2D eigenvalue weighted by Gasteiger charge is 2.41. The van der Waals surface area contributed by atoms with Crippen LogP contribution in [0.2, 0.25) is 18.1 Å². The van der Waals surface area contributed by atoms with E-state index in [1.165, 1.54) is 22.8 Å². The minimum absolute atomic E-state index is 0.0164. The van der Waals surface area contributed by atoms with E-state index in [9.17, 15) is 14.7 Å². The third-order valence-corrected chi connectivity index (χ3v) is 18.9. The number of ether oxygens (including phenoxy) is 2. The van der Waals surface area contributed by atoms with Crippen LogP contribution in [0, 0.1) is 0 Å². The van der Waals surface area contributed by atoms with Crippen molar-refractivity contribution in [2.45, 2.75) is 128 Å². The average Bonchev–Trinajstić information content (AvgIpc) is 3.82. The first kappa shape index (κ1) is 47.8. The summed E-state index contributed by atoms with van der Waals surface area (Å²) < 4.78 is 19.6. The number of nitrogens with zero attached hydrogens (tertiary/aromatic N) is 4. The molecular formula is C51H74N6O6Si. The van der Waals surface area contributed by atoms with Crippen molar-refractivity contribution in [1.82, 2.24) is 25.1 Å². The predicted molar refractivity (Wildman–Crippen MR) is 259 cm³/mol. The molecule has 4 heterocycles. The Morgan fingerprint density at radius 1 is 1.03 bits per heavy atom. The maximum absolute atomic E-state index is 13.8. The number of fused-ring (bicyclic) bond motifs is 1. The molecule has 1 saturated carbocycles. The first-order chi connectivity index (χ1) is 30.7. The molecular weight excluding hydrogens is 821 g/mol. The molecule has 2 aromatic carbocycles. The SMILES string of the molecule is CCc1ccnc(N2CCOC3(CCN(Cc4cccc(CCOCCC(=O)N(CCNC[C@H](O[Si](C)(C)C(C)(C)C)c5ccc(O)c6[nH]c(=O)ccc56)C5CCCC5)c4)CC3)C2)c1. The fraction of sp³-hybridized carbons (Fsp3) is 0.588. The van der Waals surface area contributed by atoms with Gasteiger partial charge in [0.2, 0.25) is 11.5 Å². The Morgan fingerprint density at radius 3 is 2.58 bits per heavy atom. The number of nitrogens with one attached hydrogen (secondary N) is 2. The smallest absolute Gasteiger partial charge is 0.248 e. The van der Waals surface area contributed by atoms with Crippen molar-refractivity contribution in [3.05, 3.63) is 99.5 Å². The van der Waals surface area contributed by atoms with Gasteiger partial charge in [0.25, 0.3) is 0 Å². The number of H-pyrrole nitrogens is 1. The van der Waals surface area contributed by atoms with E-state index in [0.29, 0.717) is 44.8 Å². The number of pyridine rings is 2. The molecule has 1 amide bonds. The van der Waals surface area contributed by atoms with E-state index in [1.807, 2.05) is 12.3 Å². The Balaban J connectivity index is 0.865. The van der Waals surface area contributed by atoms with Gasteiger partial charge in [0.05, 0.1) is 43.5 Å². The molecule has 3 N–H and O–H groups in total. The Kier molecular flexibility index (Phi) is 16.0. The van der Waals surface area contributed by atoms with Crippen LogP contribution in [0.4, 0.5) is 5.82 Å². The number of phenols is 1. The maximum Gasteiger partial charge on any atom is 0.248 e. The van der Waals surface area contributed by atoms with E-state index < -0.39 is 8.32 Å². The molecule has 2 saturated heterocycles. The van der Waals surface area contributed by atoms with Gasteiger partial charge in [-0.15, -0.1) is 0 Å². The van der Waals surface area contributed by atoms with Crippen LogP contribution in [-0.2, 0) is 38.1 Å². The Labute approximate surface area is 382 Å². The third-order valence-electron chi connectivity index (χ3n) is 14.4. The molecule has 1 spiro atoms. The fourth-order valence-corrected chi connectivity index (χ4v) is 10.8. The van der Waals surface area contributed by atoms with Crippen LogP contribution < -0.4 is 15.8 Å². The van der Waals surface area contributed by atoms with Gasteiger partial charge in [0.15, 0.2) is 8.32 Å². The van der Waals surface area contributed by atoms with Gasteiger partial charge in [-0.05, 0) is 103 Å². The van der Waals surface area contributed by atoms with Crippen molar-refractivity contribution in [3.63, 3.8) is 0 Å². The number of benzene rings is 2. The van der Waals surface area contributed by atoms with E-state index >= 15 is 0 Å². The number of aromatic hydroxyl groups is 1. The highest BCUT2D eigenvalue weighted by Crippen LogP contribution is 2.41. The Bertz CT molecular complexity index is 2210. The van der Waals surface area contributed by atoms with Crippen LogP contribution in [0.5, 0.6) is 5.75 Å². The highest BCUT2D eigenvalue weighted by atomic mass is 28.4. The summed E-state index contributed by atoms with van der Waals surface area (Å²) in [6, 6.07) is 20.3. The van der Waals surface area contributed by atoms with E-state index in [0.717, 1.165) is 107 Å². The zero-order valence-electron chi connectivity index (χ0n) is 39.4. The normalized spacial score (nSPS) is 17.9. The lowest BCUT2D eigenvalue weighted by Crippen LogP contribution is -2.57. The number of aryl methyl sites for hydroxylation is 1. The second-order valence-electron chi connectivity index (χ2n) is 19.9. The van der Waals surface area contributed by atoms with E-state index in [4.69, 9.17) is 18.9 Å². The lowest BCUT2D eigenvalue weighted by molar-refractivity contribution is -0.134. The predicted octanol–water partition coefficient (Wildman–Crippen LogP) is 8.14. The quantitative estimate of drug-likeness (QED) is 0.0627. The average molecular weight is 895 g/mol. The van der Waals surface area contributed by atoms with Gasteiger partial charge in [-0.1, -0.05) is 70.9 Å². The number of carbonyl (C=O) groups excluding carboxylic acids is 1. The summed E-state index contributed by atoms with van der Waals surface area (Å²) in [6.07, 6.45) is 10.2. The lowest BCUT2D eigenvalue weighted by Gasteiger charge is -2.47. The van der Waals surface area contributed by atoms with Gasteiger partial charge in [-0.25, -0.2) is 4.98 Å². The minimum atomic E-state index is -2.22. The van der Waals surface area contributed by atoms with Gasteiger partial charge in [-0.2, -0.15) is 0 Å². The van der Waals surface area contributed by atoms with Gasteiger partial charge in [-0.3, -0.25) is 14.5 Å². The molecule has 12 nitrogen and oxygen atoms in total. The Morgan fingerprint density at radius 2 is 1.81 bits per heavy atom. The number of amides is 1. The second-order valence-corrected chi connectivity index (χ2v) is 24.7. The summed E-state index contributed by atoms with van der Waals surface area (Å²) in [4.78, 5) is 40.5. The van der Waals surface area contributed by atoms with Gasteiger partial charge in [0, 0.05) is 76.0 Å². The maximum atomic E-state index is 13.8. The van der Waals surface area contributed by atoms with Crippen molar-refractivity contribution in [2.75, 3.05) is 70.5 Å². The van der Waals surface area contributed by atoms with Gasteiger partial charge < -0.3 is 39.1 Å². The monoisotopic (exact) mass is 895 g/mol. The molecule has 3 fully saturated rings. The number of morpholine rings is 1. The van der Waals surface area contributed by atoms with Crippen molar-refractivity contribution >= 4 is 30.9 Å². The summed E-state index contributed by atoms with van der Waals surface area (Å²) in [5.41, 5.74) is 4.86. The highest BCUT2D eigenvalue weighted by molar-refractivity contribution is 6.74. The van der Waals surface area contributed by atoms with Crippen molar-refractivity contribution < 1.29 is 23.8 Å². The number of rotatable bonds is 19. The number of aromatic amines is 1. The first-order valence-corrected chi connectivity index (χ1v) is 26.9.